The Hall–Kier alpha value is -1.44. The van der Waals surface area contributed by atoms with Gasteiger partial charge < -0.3 is 0 Å². The van der Waals surface area contributed by atoms with E-state index >= 15 is 0 Å². The molecule has 0 aromatic heterocycles. The SMILES string of the molecule is CC(C=O)=C/C=C/C=C(/C)C=O. The Bertz CT molecular complexity index is 219. The predicted octanol–water partition coefficient (Wildman–Crippen LogP) is 1.83. The summed E-state index contributed by atoms with van der Waals surface area (Å²) in [4.78, 5) is 20.2. The molecule has 0 radical (unpaired) electrons. The summed E-state index contributed by atoms with van der Waals surface area (Å²) in [6, 6.07) is 0. The molecule has 12 heavy (non-hydrogen) atoms. The van der Waals surface area contributed by atoms with E-state index in [0.717, 1.165) is 12.6 Å². The van der Waals surface area contributed by atoms with Gasteiger partial charge in [-0.05, 0) is 25.0 Å². The summed E-state index contributed by atoms with van der Waals surface area (Å²) in [6.45, 7) is 3.43. The van der Waals surface area contributed by atoms with Crippen LogP contribution in [0.1, 0.15) is 13.8 Å². The van der Waals surface area contributed by atoms with E-state index < -0.39 is 0 Å². The summed E-state index contributed by atoms with van der Waals surface area (Å²) in [5, 5.41) is 0. The second-order valence-corrected chi connectivity index (χ2v) is 2.44. The smallest absolute Gasteiger partial charge is 0.145 e. The molecule has 0 fully saturated rings. The molecule has 0 unspecified atom stereocenters. The molecule has 2 heteroatoms. The molecule has 0 aliphatic rings. The first-order valence-corrected chi connectivity index (χ1v) is 3.63. The van der Waals surface area contributed by atoms with E-state index in [9.17, 15) is 9.59 Å². The lowest BCUT2D eigenvalue weighted by atomic mass is 10.2. The van der Waals surface area contributed by atoms with Gasteiger partial charge in [-0.1, -0.05) is 24.3 Å². The van der Waals surface area contributed by atoms with Crippen LogP contribution in [0.15, 0.2) is 35.5 Å². The lowest BCUT2D eigenvalue weighted by Gasteiger charge is -1.81. The minimum atomic E-state index is 0.656. The minimum Gasteiger partial charge on any atom is -0.298 e. The third-order valence-electron chi connectivity index (χ3n) is 1.20. The van der Waals surface area contributed by atoms with Crippen molar-refractivity contribution >= 4 is 12.6 Å². The van der Waals surface area contributed by atoms with Crippen LogP contribution in [0.3, 0.4) is 0 Å². The van der Waals surface area contributed by atoms with Crippen molar-refractivity contribution in [2.24, 2.45) is 0 Å². The zero-order valence-electron chi connectivity index (χ0n) is 7.28. The van der Waals surface area contributed by atoms with E-state index in [1.165, 1.54) is 0 Å². The number of hydrogen-bond acceptors (Lipinski definition) is 2. The van der Waals surface area contributed by atoms with Crippen molar-refractivity contribution in [1.82, 2.24) is 0 Å². The van der Waals surface area contributed by atoms with Crippen LogP contribution in [0, 0.1) is 0 Å². The highest BCUT2D eigenvalue weighted by atomic mass is 16.1. The topological polar surface area (TPSA) is 34.1 Å². The first-order valence-electron chi connectivity index (χ1n) is 3.63. The third-order valence-corrected chi connectivity index (χ3v) is 1.20. The number of aldehydes is 2. The fourth-order valence-corrected chi connectivity index (χ4v) is 0.493. The zero-order valence-corrected chi connectivity index (χ0v) is 7.28. The van der Waals surface area contributed by atoms with Gasteiger partial charge in [-0.3, -0.25) is 9.59 Å². The lowest BCUT2D eigenvalue weighted by Crippen LogP contribution is -1.73. The molecule has 0 saturated heterocycles. The number of carbonyl (C=O) groups is 2. The fraction of sp³-hybridized carbons (Fsp3) is 0.200. The van der Waals surface area contributed by atoms with Crippen molar-refractivity contribution in [3.8, 4) is 0 Å². The molecule has 64 valence electrons. The van der Waals surface area contributed by atoms with Gasteiger partial charge in [-0.2, -0.15) is 0 Å². The molecule has 0 spiro atoms. The van der Waals surface area contributed by atoms with Crippen molar-refractivity contribution in [2.45, 2.75) is 13.8 Å². The van der Waals surface area contributed by atoms with Gasteiger partial charge in [0.2, 0.25) is 0 Å². The standard InChI is InChI=1S/C10H12O2/c1-9(7-11)5-3-4-6-10(2)8-12/h3-8H,1-2H3/b4-3+,9-5-,10-6?. The average Bonchev–Trinajstić information content (AvgIpc) is 2.11. The largest absolute Gasteiger partial charge is 0.298 e. The lowest BCUT2D eigenvalue weighted by molar-refractivity contribution is -0.105. The Labute approximate surface area is 72.3 Å². The highest BCUT2D eigenvalue weighted by Crippen LogP contribution is 1.90. The molecule has 0 aliphatic carbocycles. The average molecular weight is 164 g/mol. The van der Waals surface area contributed by atoms with E-state index in [-0.39, 0.29) is 0 Å². The molecular formula is C10H12O2. The Morgan fingerprint density at radius 2 is 1.17 bits per heavy atom. The van der Waals surface area contributed by atoms with Crippen LogP contribution < -0.4 is 0 Å². The van der Waals surface area contributed by atoms with Crippen LogP contribution in [0.25, 0.3) is 0 Å². The van der Waals surface area contributed by atoms with Gasteiger partial charge in [0.1, 0.15) is 12.6 Å². The molecule has 0 bridgehead atoms. The first kappa shape index (κ1) is 10.6. The summed E-state index contributed by atoms with van der Waals surface area (Å²) in [5.41, 5.74) is 1.31. The van der Waals surface area contributed by atoms with Crippen LogP contribution >= 0.6 is 0 Å². The van der Waals surface area contributed by atoms with Crippen LogP contribution in [-0.2, 0) is 9.59 Å². The van der Waals surface area contributed by atoms with Crippen molar-refractivity contribution in [2.75, 3.05) is 0 Å². The van der Waals surface area contributed by atoms with E-state index in [1.807, 2.05) is 0 Å². The first-order chi connectivity index (χ1) is 5.70. The molecule has 0 amide bonds. The summed E-state index contributed by atoms with van der Waals surface area (Å²) in [7, 11) is 0. The highest BCUT2D eigenvalue weighted by Gasteiger charge is 1.79. The summed E-state index contributed by atoms with van der Waals surface area (Å²) in [5.74, 6) is 0. The number of carbonyl (C=O) groups excluding carboxylic acids is 2. The van der Waals surface area contributed by atoms with E-state index in [2.05, 4.69) is 0 Å². The summed E-state index contributed by atoms with van der Waals surface area (Å²) >= 11 is 0. The van der Waals surface area contributed by atoms with Gasteiger partial charge >= 0.3 is 0 Å². The molecule has 0 aromatic carbocycles. The second kappa shape index (κ2) is 6.28. The molecule has 2 nitrogen and oxygen atoms in total. The maximum Gasteiger partial charge on any atom is 0.145 e. The van der Waals surface area contributed by atoms with Crippen molar-refractivity contribution in [3.05, 3.63) is 35.5 Å². The van der Waals surface area contributed by atoms with E-state index in [0.29, 0.717) is 11.1 Å². The van der Waals surface area contributed by atoms with Crippen LogP contribution in [0.4, 0.5) is 0 Å². The normalized spacial score (nSPS) is 13.5. The Kier molecular flexibility index (Phi) is 5.53. The van der Waals surface area contributed by atoms with Gasteiger partial charge in [0, 0.05) is 0 Å². The maximum absolute atomic E-state index is 10.1. The molecule has 0 rings (SSSR count). The van der Waals surface area contributed by atoms with Crippen molar-refractivity contribution in [3.63, 3.8) is 0 Å². The van der Waals surface area contributed by atoms with Gasteiger partial charge in [0.15, 0.2) is 0 Å². The monoisotopic (exact) mass is 164 g/mol. The number of rotatable bonds is 4. The number of hydrogen-bond donors (Lipinski definition) is 0. The molecule has 0 saturated carbocycles. The van der Waals surface area contributed by atoms with Crippen LogP contribution in [0.2, 0.25) is 0 Å². The van der Waals surface area contributed by atoms with Gasteiger partial charge in [0.25, 0.3) is 0 Å². The molecular weight excluding hydrogens is 152 g/mol. The summed E-state index contributed by atoms with van der Waals surface area (Å²) in [6.07, 6.45) is 8.36. The summed E-state index contributed by atoms with van der Waals surface area (Å²) < 4.78 is 0. The Morgan fingerprint density at radius 1 is 0.833 bits per heavy atom. The van der Waals surface area contributed by atoms with Crippen molar-refractivity contribution < 1.29 is 9.59 Å². The van der Waals surface area contributed by atoms with Crippen LogP contribution in [0.5, 0.6) is 0 Å². The Morgan fingerprint density at radius 3 is 1.42 bits per heavy atom. The molecule has 0 heterocycles. The van der Waals surface area contributed by atoms with Crippen LogP contribution in [-0.4, -0.2) is 12.6 Å². The third kappa shape index (κ3) is 5.35. The molecule has 0 aliphatic heterocycles. The fourth-order valence-electron chi connectivity index (χ4n) is 0.493. The van der Waals surface area contributed by atoms with Gasteiger partial charge in [-0.15, -0.1) is 0 Å². The molecule has 0 aromatic rings. The van der Waals surface area contributed by atoms with E-state index in [1.54, 1.807) is 38.2 Å². The predicted molar refractivity (Wildman–Crippen MR) is 48.8 cm³/mol. The van der Waals surface area contributed by atoms with Crippen molar-refractivity contribution in [1.29, 1.82) is 0 Å². The molecule has 0 N–H and O–H groups in total. The van der Waals surface area contributed by atoms with Gasteiger partial charge in [0.05, 0.1) is 0 Å². The number of allylic oxidation sites excluding steroid dienone is 6. The quantitative estimate of drug-likeness (QED) is 0.361. The molecule has 0 atom stereocenters. The highest BCUT2D eigenvalue weighted by molar-refractivity contribution is 5.73. The minimum absolute atomic E-state index is 0.656. The van der Waals surface area contributed by atoms with Gasteiger partial charge in [-0.25, -0.2) is 0 Å². The Balaban J connectivity index is 4.09. The second-order valence-electron chi connectivity index (χ2n) is 2.44. The zero-order chi connectivity index (χ0) is 9.40. The maximum atomic E-state index is 10.1. The van der Waals surface area contributed by atoms with E-state index in [4.69, 9.17) is 0 Å².